The maximum Gasteiger partial charge on any atom is 0.257 e. The first-order valence-electron chi connectivity index (χ1n) is 7.86. The summed E-state index contributed by atoms with van der Waals surface area (Å²) < 4.78 is 20.5. The molecule has 1 N–H and O–H groups in total. The van der Waals surface area contributed by atoms with Crippen molar-refractivity contribution < 1.29 is 18.7 Å². The molecule has 6 heteroatoms. The largest absolute Gasteiger partial charge is 0.492 e. The van der Waals surface area contributed by atoms with Crippen LogP contribution in [-0.4, -0.2) is 23.0 Å². The van der Waals surface area contributed by atoms with Crippen molar-refractivity contribution in [2.24, 2.45) is 0 Å². The number of carbonyl (C=O) groups is 2. The number of ether oxygens (including phenoxy) is 1. The number of para-hydroxylation sites is 2. The van der Waals surface area contributed by atoms with Crippen molar-refractivity contribution in [2.45, 2.75) is 13.8 Å². The Hall–Kier alpha value is -3.15. The number of rotatable bonds is 4. The van der Waals surface area contributed by atoms with Crippen LogP contribution in [0.5, 0.6) is 5.75 Å². The number of hydrogen-bond donors (Lipinski definition) is 1. The standard InChI is InChI=1S/C19H17FN2O3/c1-3-25-18-7-5-4-6-16(18)21-19(24)15-11-22(12(2)23)17-9-8-13(20)10-14(15)17/h4-11H,3H2,1-2H3,(H,21,24). The molecule has 25 heavy (non-hydrogen) atoms. The third-order valence-electron chi connectivity index (χ3n) is 3.79. The van der Waals surface area contributed by atoms with Gasteiger partial charge >= 0.3 is 0 Å². The molecule has 0 atom stereocenters. The maximum atomic E-state index is 13.6. The molecule has 5 nitrogen and oxygen atoms in total. The van der Waals surface area contributed by atoms with Crippen LogP contribution in [0.1, 0.15) is 29.0 Å². The highest BCUT2D eigenvalue weighted by Crippen LogP contribution is 2.27. The van der Waals surface area contributed by atoms with Crippen LogP contribution in [0, 0.1) is 5.82 Å². The molecule has 3 aromatic rings. The van der Waals surface area contributed by atoms with E-state index in [1.54, 1.807) is 24.3 Å². The Bertz CT molecular complexity index is 962. The van der Waals surface area contributed by atoms with Crippen molar-refractivity contribution >= 4 is 28.4 Å². The van der Waals surface area contributed by atoms with Crippen molar-refractivity contribution in [3.05, 3.63) is 60.0 Å². The minimum absolute atomic E-state index is 0.219. The summed E-state index contributed by atoms with van der Waals surface area (Å²) in [5.41, 5.74) is 1.21. The third-order valence-corrected chi connectivity index (χ3v) is 3.79. The van der Waals surface area contributed by atoms with Gasteiger partial charge in [-0.1, -0.05) is 12.1 Å². The second-order valence-electron chi connectivity index (χ2n) is 5.48. The summed E-state index contributed by atoms with van der Waals surface area (Å²) in [6.07, 6.45) is 1.42. The molecule has 0 aliphatic carbocycles. The molecule has 1 amide bonds. The molecule has 3 rings (SSSR count). The number of carbonyl (C=O) groups excluding carboxylic acids is 2. The molecule has 2 aromatic carbocycles. The van der Waals surface area contributed by atoms with Gasteiger partial charge in [0, 0.05) is 18.5 Å². The highest BCUT2D eigenvalue weighted by Gasteiger charge is 2.18. The highest BCUT2D eigenvalue weighted by atomic mass is 19.1. The third kappa shape index (κ3) is 3.24. The van der Waals surface area contributed by atoms with Gasteiger partial charge in [-0.05, 0) is 37.3 Å². The van der Waals surface area contributed by atoms with E-state index in [2.05, 4.69) is 5.32 Å². The van der Waals surface area contributed by atoms with Gasteiger partial charge < -0.3 is 10.1 Å². The van der Waals surface area contributed by atoms with E-state index in [1.807, 2.05) is 6.92 Å². The first kappa shape index (κ1) is 16.7. The normalized spacial score (nSPS) is 10.7. The van der Waals surface area contributed by atoms with Crippen molar-refractivity contribution in [1.82, 2.24) is 4.57 Å². The molecule has 0 fully saturated rings. The Morgan fingerprint density at radius 2 is 1.96 bits per heavy atom. The van der Waals surface area contributed by atoms with E-state index in [0.29, 0.717) is 28.9 Å². The smallest absolute Gasteiger partial charge is 0.257 e. The van der Waals surface area contributed by atoms with Gasteiger partial charge in [0.05, 0.1) is 23.4 Å². The topological polar surface area (TPSA) is 60.3 Å². The van der Waals surface area contributed by atoms with Gasteiger partial charge in [-0.15, -0.1) is 0 Å². The SMILES string of the molecule is CCOc1ccccc1NC(=O)c1cn(C(C)=O)c2ccc(F)cc12. The van der Waals surface area contributed by atoms with E-state index < -0.39 is 11.7 Å². The lowest BCUT2D eigenvalue weighted by Crippen LogP contribution is -2.13. The van der Waals surface area contributed by atoms with Gasteiger partial charge in [0.25, 0.3) is 5.91 Å². The average Bonchev–Trinajstić information content (AvgIpc) is 2.96. The van der Waals surface area contributed by atoms with E-state index >= 15 is 0 Å². The Morgan fingerprint density at radius 1 is 1.20 bits per heavy atom. The number of anilines is 1. The van der Waals surface area contributed by atoms with E-state index in [0.717, 1.165) is 0 Å². The van der Waals surface area contributed by atoms with Crippen LogP contribution < -0.4 is 10.1 Å². The lowest BCUT2D eigenvalue weighted by atomic mass is 10.1. The zero-order chi connectivity index (χ0) is 18.0. The summed E-state index contributed by atoms with van der Waals surface area (Å²) in [5, 5.41) is 3.14. The second-order valence-corrected chi connectivity index (χ2v) is 5.48. The fourth-order valence-electron chi connectivity index (χ4n) is 2.68. The number of nitrogens with one attached hydrogen (secondary N) is 1. The number of fused-ring (bicyclic) bond motifs is 1. The number of benzene rings is 2. The molecule has 0 aliphatic rings. The number of halogens is 1. The average molecular weight is 340 g/mol. The van der Waals surface area contributed by atoms with Crippen LogP contribution in [0.2, 0.25) is 0 Å². The lowest BCUT2D eigenvalue weighted by molar-refractivity contribution is 0.0941. The van der Waals surface area contributed by atoms with Gasteiger partial charge in [-0.25, -0.2) is 4.39 Å². The quantitative estimate of drug-likeness (QED) is 0.778. The highest BCUT2D eigenvalue weighted by molar-refractivity contribution is 6.14. The molecule has 0 saturated carbocycles. The van der Waals surface area contributed by atoms with Crippen molar-refractivity contribution in [1.29, 1.82) is 0 Å². The number of aromatic nitrogens is 1. The number of hydrogen-bond acceptors (Lipinski definition) is 3. The Kier molecular flexibility index (Phi) is 4.52. The molecule has 1 aromatic heterocycles. The summed E-state index contributed by atoms with van der Waals surface area (Å²) in [4.78, 5) is 24.5. The molecule has 0 spiro atoms. The minimum Gasteiger partial charge on any atom is -0.492 e. The molecule has 128 valence electrons. The van der Waals surface area contributed by atoms with E-state index in [1.165, 1.54) is 35.9 Å². The molecule has 0 saturated heterocycles. The van der Waals surface area contributed by atoms with Crippen LogP contribution in [-0.2, 0) is 0 Å². The van der Waals surface area contributed by atoms with Gasteiger partial charge in [0.1, 0.15) is 11.6 Å². The molecule has 0 bridgehead atoms. The molecular formula is C19H17FN2O3. The van der Waals surface area contributed by atoms with E-state index in [9.17, 15) is 14.0 Å². The molecule has 0 radical (unpaired) electrons. The van der Waals surface area contributed by atoms with E-state index in [-0.39, 0.29) is 11.5 Å². The fraction of sp³-hybridized carbons (Fsp3) is 0.158. The number of nitrogens with zero attached hydrogens (tertiary/aromatic N) is 1. The minimum atomic E-state index is -0.474. The molecule has 0 unspecified atom stereocenters. The van der Waals surface area contributed by atoms with Gasteiger partial charge in [-0.2, -0.15) is 0 Å². The summed E-state index contributed by atoms with van der Waals surface area (Å²) in [6, 6.07) is 11.0. The summed E-state index contributed by atoms with van der Waals surface area (Å²) >= 11 is 0. The molecule has 0 aliphatic heterocycles. The zero-order valence-electron chi connectivity index (χ0n) is 13.9. The molecule has 1 heterocycles. The van der Waals surface area contributed by atoms with Crippen molar-refractivity contribution in [3.8, 4) is 5.75 Å². The molecular weight excluding hydrogens is 323 g/mol. The van der Waals surface area contributed by atoms with Gasteiger partial charge in [0.2, 0.25) is 5.91 Å². The first-order chi connectivity index (χ1) is 12.0. The van der Waals surface area contributed by atoms with Crippen molar-refractivity contribution in [2.75, 3.05) is 11.9 Å². The van der Waals surface area contributed by atoms with E-state index in [4.69, 9.17) is 4.74 Å². The zero-order valence-corrected chi connectivity index (χ0v) is 13.9. The second kappa shape index (κ2) is 6.76. The van der Waals surface area contributed by atoms with Gasteiger partial charge in [0.15, 0.2) is 0 Å². The van der Waals surface area contributed by atoms with Crippen LogP contribution in [0.4, 0.5) is 10.1 Å². The van der Waals surface area contributed by atoms with Gasteiger partial charge in [-0.3, -0.25) is 14.2 Å². The summed E-state index contributed by atoms with van der Waals surface area (Å²) in [6.45, 7) is 3.69. The van der Waals surface area contributed by atoms with Crippen molar-refractivity contribution in [3.63, 3.8) is 0 Å². The summed E-state index contributed by atoms with van der Waals surface area (Å²) in [7, 11) is 0. The lowest BCUT2D eigenvalue weighted by Gasteiger charge is -2.10. The fourth-order valence-corrected chi connectivity index (χ4v) is 2.68. The Balaban J connectivity index is 2.03. The summed E-state index contributed by atoms with van der Waals surface area (Å²) in [5.74, 6) is -0.634. The Morgan fingerprint density at radius 3 is 2.68 bits per heavy atom. The van der Waals surface area contributed by atoms with Crippen LogP contribution in [0.25, 0.3) is 10.9 Å². The number of amides is 1. The maximum absolute atomic E-state index is 13.6. The van der Waals surface area contributed by atoms with Crippen LogP contribution in [0.3, 0.4) is 0 Å². The predicted octanol–water partition coefficient (Wildman–Crippen LogP) is 4.09. The first-order valence-corrected chi connectivity index (χ1v) is 7.86. The monoisotopic (exact) mass is 340 g/mol. The predicted molar refractivity (Wildman–Crippen MR) is 93.8 cm³/mol. The Labute approximate surface area is 144 Å². The van der Waals surface area contributed by atoms with Crippen LogP contribution in [0.15, 0.2) is 48.7 Å². The van der Waals surface area contributed by atoms with Crippen LogP contribution >= 0.6 is 0 Å².